The van der Waals surface area contributed by atoms with E-state index >= 15 is 0 Å². The van der Waals surface area contributed by atoms with Gasteiger partial charge in [-0.3, -0.25) is 0 Å². The summed E-state index contributed by atoms with van der Waals surface area (Å²) in [6.45, 7) is 23.7. The molecule has 34 heavy (non-hydrogen) atoms. The Morgan fingerprint density at radius 2 is 1.26 bits per heavy atom. The van der Waals surface area contributed by atoms with E-state index in [0.717, 1.165) is 36.5 Å². The summed E-state index contributed by atoms with van der Waals surface area (Å²) >= 11 is 0. The highest BCUT2D eigenvalue weighted by Crippen LogP contribution is 2.65. The number of carbonyl (C=O) groups is 1. The number of hydrogen-bond acceptors (Lipinski definition) is 2. The van der Waals surface area contributed by atoms with E-state index < -0.39 is 0 Å². The van der Waals surface area contributed by atoms with Crippen molar-refractivity contribution in [2.24, 2.45) is 39.9 Å². The summed E-state index contributed by atoms with van der Waals surface area (Å²) in [7, 11) is 0. The minimum Gasteiger partial charge on any atom is -0.462 e. The molecular weight excluding hydrogens is 416 g/mol. The molecule has 2 rings (SSSR count). The van der Waals surface area contributed by atoms with Crippen molar-refractivity contribution >= 4 is 5.97 Å². The highest BCUT2D eigenvalue weighted by Gasteiger charge is 2.56. The summed E-state index contributed by atoms with van der Waals surface area (Å²) in [5.74, 6) is 3.24. The summed E-state index contributed by atoms with van der Waals surface area (Å²) in [6, 6.07) is 0. The lowest BCUT2D eigenvalue weighted by Gasteiger charge is -2.61. The van der Waals surface area contributed by atoms with E-state index in [-0.39, 0.29) is 5.97 Å². The van der Waals surface area contributed by atoms with Crippen LogP contribution in [0.2, 0.25) is 0 Å². The minimum atomic E-state index is -0.248. The van der Waals surface area contributed by atoms with Crippen LogP contribution in [0.1, 0.15) is 139 Å². The average Bonchev–Trinajstić information content (AvgIpc) is 2.78. The lowest BCUT2D eigenvalue weighted by atomic mass is 9.43. The number of hydrogen-bond donors (Lipinski definition) is 0. The summed E-state index contributed by atoms with van der Waals surface area (Å²) < 4.78 is 5.29. The van der Waals surface area contributed by atoms with Crippen molar-refractivity contribution in [3.05, 3.63) is 12.2 Å². The van der Waals surface area contributed by atoms with E-state index in [1.807, 2.05) is 0 Å². The number of ether oxygens (including phenoxy) is 1. The molecule has 2 fully saturated rings. The molecule has 2 saturated carbocycles. The fraction of sp³-hybridized carbons (Fsp3) is 0.906. The van der Waals surface area contributed by atoms with Crippen LogP contribution in [-0.2, 0) is 9.53 Å². The largest absolute Gasteiger partial charge is 0.462 e. The first kappa shape index (κ1) is 29.4. The topological polar surface area (TPSA) is 26.3 Å². The second-order valence-corrected chi connectivity index (χ2v) is 13.7. The Morgan fingerprint density at radius 3 is 1.65 bits per heavy atom. The van der Waals surface area contributed by atoms with E-state index in [2.05, 4.69) is 55.0 Å². The van der Waals surface area contributed by atoms with Crippen molar-refractivity contribution < 1.29 is 9.53 Å². The Labute approximate surface area is 213 Å². The molecule has 2 nitrogen and oxygen atoms in total. The predicted molar refractivity (Wildman–Crippen MR) is 147 cm³/mol. The molecule has 0 unspecified atom stereocenters. The predicted octanol–water partition coefficient (Wildman–Crippen LogP) is 9.77. The summed E-state index contributed by atoms with van der Waals surface area (Å²) in [4.78, 5) is 11.6. The lowest BCUT2D eigenvalue weighted by Crippen LogP contribution is -2.52. The number of esters is 1. The maximum Gasteiger partial charge on any atom is 0.333 e. The second-order valence-electron chi connectivity index (χ2n) is 13.7. The van der Waals surface area contributed by atoms with Crippen LogP contribution >= 0.6 is 0 Å². The Morgan fingerprint density at radius 1 is 0.853 bits per heavy atom. The highest BCUT2D eigenvalue weighted by atomic mass is 16.5. The first-order valence-electron chi connectivity index (χ1n) is 14.7. The Hall–Kier alpha value is -0.790. The number of rotatable bonds is 12. The van der Waals surface area contributed by atoms with Crippen LogP contribution in [0.3, 0.4) is 0 Å². The van der Waals surface area contributed by atoms with Gasteiger partial charge in [-0.1, -0.05) is 74.3 Å². The van der Waals surface area contributed by atoms with Gasteiger partial charge in [0.05, 0.1) is 6.61 Å². The van der Waals surface area contributed by atoms with E-state index in [9.17, 15) is 4.79 Å². The SMILES string of the molecule is C=C(C)C(=O)OCCCCCCC(C)(C1(C)CCC(C(C)C)CC1)C1(C)CCC(C(C)C)CC1. The molecule has 0 aliphatic heterocycles. The van der Waals surface area contributed by atoms with Gasteiger partial charge in [0.15, 0.2) is 0 Å². The molecule has 198 valence electrons. The molecule has 0 radical (unpaired) electrons. The van der Waals surface area contributed by atoms with Crippen LogP contribution in [-0.4, -0.2) is 12.6 Å². The Kier molecular flexibility index (Phi) is 10.8. The second kappa shape index (κ2) is 12.4. The maximum atomic E-state index is 11.6. The van der Waals surface area contributed by atoms with Gasteiger partial charge in [0.2, 0.25) is 0 Å². The van der Waals surface area contributed by atoms with Gasteiger partial charge in [-0.25, -0.2) is 4.79 Å². The zero-order chi connectivity index (χ0) is 25.6. The lowest BCUT2D eigenvalue weighted by molar-refractivity contribution is -0.139. The third kappa shape index (κ3) is 6.91. The molecule has 0 bridgehead atoms. The van der Waals surface area contributed by atoms with Crippen LogP contribution in [0.15, 0.2) is 12.2 Å². The van der Waals surface area contributed by atoms with Crippen molar-refractivity contribution in [3.63, 3.8) is 0 Å². The quantitative estimate of drug-likeness (QED) is 0.160. The molecule has 2 aliphatic carbocycles. The van der Waals surface area contributed by atoms with Crippen LogP contribution in [0.4, 0.5) is 0 Å². The van der Waals surface area contributed by atoms with Gasteiger partial charge in [0, 0.05) is 5.57 Å². The first-order valence-corrected chi connectivity index (χ1v) is 14.7. The molecule has 0 amide bonds. The molecule has 0 N–H and O–H groups in total. The molecule has 0 aromatic rings. The average molecular weight is 475 g/mol. The van der Waals surface area contributed by atoms with E-state index in [0.29, 0.717) is 28.4 Å². The standard InChI is InChI=1S/C32H58O2/c1-24(2)27-14-19-30(7,20-15-27)32(9,31(8)21-16-28(17-22-31)25(3)4)18-12-10-11-13-23-34-29(33)26(5)6/h24-25,27-28H,5,10-23H2,1-4,6-9H3. The zero-order valence-corrected chi connectivity index (χ0v) is 24.2. The summed E-state index contributed by atoms with van der Waals surface area (Å²) in [6.07, 6.45) is 17.3. The Balaban J connectivity index is 2.03. The van der Waals surface area contributed by atoms with Gasteiger partial charge < -0.3 is 4.74 Å². The van der Waals surface area contributed by atoms with Gasteiger partial charge >= 0.3 is 5.97 Å². The molecule has 0 atom stereocenters. The third-order valence-corrected chi connectivity index (χ3v) is 11.0. The molecule has 0 aromatic carbocycles. The fourth-order valence-electron chi connectivity index (χ4n) is 7.55. The highest BCUT2D eigenvalue weighted by molar-refractivity contribution is 5.86. The van der Waals surface area contributed by atoms with Crippen LogP contribution in [0, 0.1) is 39.9 Å². The smallest absolute Gasteiger partial charge is 0.333 e. The Bertz CT molecular complexity index is 608. The molecule has 0 aromatic heterocycles. The third-order valence-electron chi connectivity index (χ3n) is 11.0. The van der Waals surface area contributed by atoms with Crippen molar-refractivity contribution in [2.45, 2.75) is 139 Å². The first-order chi connectivity index (χ1) is 15.9. The molecular formula is C32H58O2. The molecule has 2 heteroatoms. The molecule has 2 aliphatic rings. The van der Waals surface area contributed by atoms with Crippen LogP contribution in [0.5, 0.6) is 0 Å². The fourth-order valence-corrected chi connectivity index (χ4v) is 7.55. The van der Waals surface area contributed by atoms with Gasteiger partial charge in [-0.2, -0.15) is 0 Å². The van der Waals surface area contributed by atoms with E-state index in [1.165, 1.54) is 70.6 Å². The van der Waals surface area contributed by atoms with Gasteiger partial charge in [0.25, 0.3) is 0 Å². The normalized spacial score (nSPS) is 31.9. The molecule has 0 heterocycles. The van der Waals surface area contributed by atoms with Gasteiger partial charge in [0.1, 0.15) is 0 Å². The van der Waals surface area contributed by atoms with Gasteiger partial charge in [-0.15, -0.1) is 0 Å². The zero-order valence-electron chi connectivity index (χ0n) is 24.2. The summed E-state index contributed by atoms with van der Waals surface area (Å²) in [5, 5.41) is 0. The number of unbranched alkanes of at least 4 members (excludes halogenated alkanes) is 3. The molecule has 0 saturated heterocycles. The van der Waals surface area contributed by atoms with E-state index in [1.54, 1.807) is 6.92 Å². The van der Waals surface area contributed by atoms with Crippen LogP contribution in [0.25, 0.3) is 0 Å². The van der Waals surface area contributed by atoms with Gasteiger partial charge in [-0.05, 0) is 111 Å². The van der Waals surface area contributed by atoms with Crippen molar-refractivity contribution in [3.8, 4) is 0 Å². The van der Waals surface area contributed by atoms with E-state index in [4.69, 9.17) is 4.74 Å². The van der Waals surface area contributed by atoms with Crippen molar-refractivity contribution in [1.82, 2.24) is 0 Å². The minimum absolute atomic E-state index is 0.248. The van der Waals surface area contributed by atoms with Crippen molar-refractivity contribution in [2.75, 3.05) is 6.61 Å². The summed E-state index contributed by atoms with van der Waals surface area (Å²) in [5.41, 5.74) is 1.80. The van der Waals surface area contributed by atoms with Crippen molar-refractivity contribution in [1.29, 1.82) is 0 Å². The maximum absolute atomic E-state index is 11.6. The molecule has 0 spiro atoms. The number of carbonyl (C=O) groups excluding carboxylic acids is 1. The monoisotopic (exact) mass is 474 g/mol. The van der Waals surface area contributed by atoms with Crippen LogP contribution < -0.4 is 0 Å².